The number of nitrogens with one attached hydrogen (secondary N) is 2. The van der Waals surface area contributed by atoms with Gasteiger partial charge < -0.3 is 20.2 Å². The topological polar surface area (TPSA) is 89.0 Å². The first kappa shape index (κ1) is 20.2. The minimum Gasteiger partial charge on any atom is -0.495 e. The number of amides is 2. The van der Waals surface area contributed by atoms with Gasteiger partial charge in [-0.15, -0.1) is 0 Å². The van der Waals surface area contributed by atoms with E-state index in [1.807, 2.05) is 36.4 Å². The van der Waals surface area contributed by atoms with Crippen molar-refractivity contribution in [2.45, 2.75) is 0 Å². The largest absolute Gasteiger partial charge is 0.495 e. The normalized spacial score (nSPS) is 10.7. The number of nitrogens with zero attached hydrogens (tertiary/aromatic N) is 1. The lowest BCUT2D eigenvalue weighted by Crippen LogP contribution is -2.18. The molecule has 0 radical (unpaired) electrons. The number of ether oxygens (including phenoxy) is 1. The van der Waals surface area contributed by atoms with E-state index in [2.05, 4.69) is 15.8 Å². The van der Waals surface area contributed by atoms with Crippen LogP contribution in [0.2, 0.25) is 5.02 Å². The van der Waals surface area contributed by atoms with Gasteiger partial charge >= 0.3 is 0 Å². The summed E-state index contributed by atoms with van der Waals surface area (Å²) >= 11 is 5.91. The van der Waals surface area contributed by atoms with E-state index in [1.54, 1.807) is 24.3 Å². The second-order valence-corrected chi connectivity index (χ2v) is 6.39. The summed E-state index contributed by atoms with van der Waals surface area (Å²) in [7, 11) is 1.48. The van der Waals surface area contributed by atoms with E-state index in [0.29, 0.717) is 22.1 Å². The predicted molar refractivity (Wildman–Crippen MR) is 114 cm³/mol. The van der Waals surface area contributed by atoms with Crippen LogP contribution in [0.25, 0.3) is 10.8 Å². The van der Waals surface area contributed by atoms with E-state index >= 15 is 0 Å². The van der Waals surface area contributed by atoms with Gasteiger partial charge in [-0.1, -0.05) is 47.1 Å². The third-order valence-corrected chi connectivity index (χ3v) is 4.13. The van der Waals surface area contributed by atoms with Gasteiger partial charge in [-0.05, 0) is 41.1 Å². The van der Waals surface area contributed by atoms with Crippen molar-refractivity contribution in [3.63, 3.8) is 0 Å². The molecule has 0 bridgehead atoms. The molecule has 7 nitrogen and oxygen atoms in total. The Morgan fingerprint density at radius 3 is 2.62 bits per heavy atom. The number of oxime groups is 1. The molecule has 0 aromatic heterocycles. The van der Waals surface area contributed by atoms with E-state index in [-0.39, 0.29) is 6.61 Å². The Kier molecular flexibility index (Phi) is 6.65. The molecule has 0 atom stereocenters. The average Bonchev–Trinajstić information content (AvgIpc) is 2.71. The van der Waals surface area contributed by atoms with Crippen LogP contribution in [0.5, 0.6) is 5.75 Å². The van der Waals surface area contributed by atoms with Crippen LogP contribution >= 0.6 is 11.6 Å². The van der Waals surface area contributed by atoms with E-state index in [9.17, 15) is 9.59 Å². The van der Waals surface area contributed by atoms with Gasteiger partial charge in [0.15, 0.2) is 6.61 Å². The molecular formula is C21H18ClN3O4. The molecule has 0 aliphatic rings. The van der Waals surface area contributed by atoms with Crippen molar-refractivity contribution in [1.29, 1.82) is 0 Å². The third-order valence-electron chi connectivity index (χ3n) is 3.89. The Hall–Kier alpha value is -3.58. The van der Waals surface area contributed by atoms with Gasteiger partial charge in [0.2, 0.25) is 0 Å². The summed E-state index contributed by atoms with van der Waals surface area (Å²) in [6.07, 6.45) is 0.920. The molecule has 2 N–H and O–H groups in total. The highest BCUT2D eigenvalue weighted by Gasteiger charge is 2.07. The number of halogens is 1. The maximum Gasteiger partial charge on any atom is 0.270 e. The highest BCUT2D eigenvalue weighted by atomic mass is 35.5. The zero-order chi connectivity index (χ0) is 20.6. The zero-order valence-corrected chi connectivity index (χ0v) is 16.3. The van der Waals surface area contributed by atoms with Crippen molar-refractivity contribution in [3.05, 3.63) is 65.7 Å². The van der Waals surface area contributed by atoms with Crippen LogP contribution in [-0.2, 0) is 14.4 Å². The van der Waals surface area contributed by atoms with Crippen LogP contribution in [0, 0.1) is 0 Å². The Morgan fingerprint density at radius 1 is 1.03 bits per heavy atom. The molecule has 0 saturated carbocycles. The van der Waals surface area contributed by atoms with Crippen molar-refractivity contribution in [1.82, 2.24) is 0 Å². The van der Waals surface area contributed by atoms with Gasteiger partial charge in [0, 0.05) is 10.7 Å². The number of benzene rings is 3. The fourth-order valence-corrected chi connectivity index (χ4v) is 2.76. The van der Waals surface area contributed by atoms with E-state index < -0.39 is 11.8 Å². The van der Waals surface area contributed by atoms with E-state index in [0.717, 1.165) is 17.0 Å². The first-order valence-corrected chi connectivity index (χ1v) is 9.01. The maximum atomic E-state index is 12.0. The smallest absolute Gasteiger partial charge is 0.270 e. The second kappa shape index (κ2) is 9.57. The summed E-state index contributed by atoms with van der Waals surface area (Å²) in [5.74, 6) is -0.498. The molecule has 29 heavy (non-hydrogen) atoms. The Morgan fingerprint density at radius 2 is 1.83 bits per heavy atom. The molecule has 0 heterocycles. The fourth-order valence-electron chi connectivity index (χ4n) is 2.59. The minimum atomic E-state index is -0.555. The number of fused-ring (bicyclic) bond motifs is 1. The molecule has 2 amide bonds. The average molecular weight is 412 g/mol. The van der Waals surface area contributed by atoms with Gasteiger partial charge in [0.1, 0.15) is 12.0 Å². The van der Waals surface area contributed by atoms with Crippen LogP contribution in [0.3, 0.4) is 0 Å². The van der Waals surface area contributed by atoms with Crippen LogP contribution in [0.15, 0.2) is 65.8 Å². The van der Waals surface area contributed by atoms with Gasteiger partial charge in [0.25, 0.3) is 11.8 Å². The molecule has 0 unspecified atom stereocenters. The van der Waals surface area contributed by atoms with E-state index in [4.69, 9.17) is 21.2 Å². The summed E-state index contributed by atoms with van der Waals surface area (Å²) in [5, 5.41) is 11.3. The number of anilines is 2. The van der Waals surface area contributed by atoms with Crippen molar-refractivity contribution in [2.24, 2.45) is 5.16 Å². The second-order valence-electron chi connectivity index (χ2n) is 5.95. The molecule has 148 valence electrons. The summed E-state index contributed by atoms with van der Waals surface area (Å²) in [5.41, 5.74) is 1.04. The lowest BCUT2D eigenvalue weighted by Gasteiger charge is -2.08. The molecule has 0 spiro atoms. The van der Waals surface area contributed by atoms with Gasteiger partial charge in [-0.3, -0.25) is 9.59 Å². The summed E-state index contributed by atoms with van der Waals surface area (Å²) < 4.78 is 5.14. The minimum absolute atomic E-state index is 0.336. The first-order valence-electron chi connectivity index (χ1n) is 8.63. The van der Waals surface area contributed by atoms with Crippen LogP contribution < -0.4 is 15.4 Å². The predicted octanol–water partition coefficient (Wildman–Crippen LogP) is 4.08. The Bertz CT molecular complexity index is 1070. The number of hydrogen-bond acceptors (Lipinski definition) is 5. The van der Waals surface area contributed by atoms with Crippen molar-refractivity contribution in [2.75, 3.05) is 24.4 Å². The van der Waals surface area contributed by atoms with Crippen molar-refractivity contribution >= 4 is 51.8 Å². The molecular weight excluding hydrogens is 394 g/mol. The lowest BCUT2D eigenvalue weighted by atomic mass is 10.1. The maximum absolute atomic E-state index is 12.0. The summed E-state index contributed by atoms with van der Waals surface area (Å²) in [4.78, 5) is 28.8. The molecule has 0 fully saturated rings. The zero-order valence-electron chi connectivity index (χ0n) is 15.5. The van der Waals surface area contributed by atoms with Crippen molar-refractivity contribution < 1.29 is 19.2 Å². The Balaban J connectivity index is 1.48. The van der Waals surface area contributed by atoms with Gasteiger partial charge in [-0.2, -0.15) is 0 Å². The molecule has 3 aromatic rings. The van der Waals surface area contributed by atoms with Gasteiger partial charge in [-0.25, -0.2) is 0 Å². The first-order chi connectivity index (χ1) is 14.0. The number of methoxy groups -OCH3 is 1. The van der Waals surface area contributed by atoms with Crippen LogP contribution in [0.4, 0.5) is 11.4 Å². The number of rotatable bonds is 7. The number of hydrogen-bond donors (Lipinski definition) is 2. The van der Waals surface area contributed by atoms with Crippen LogP contribution in [0.1, 0.15) is 0 Å². The molecule has 3 rings (SSSR count). The molecule has 0 aliphatic heterocycles. The van der Waals surface area contributed by atoms with Crippen LogP contribution in [-0.4, -0.2) is 31.7 Å². The SMILES string of the molecule is COc1ccc(Cl)cc1NC(=O)/C=N\OCC(=O)Nc1ccc2ccccc2c1. The fraction of sp³-hybridized carbons (Fsp3) is 0.0952. The highest BCUT2D eigenvalue weighted by Crippen LogP contribution is 2.27. The lowest BCUT2D eigenvalue weighted by molar-refractivity contribution is -0.120. The van der Waals surface area contributed by atoms with Gasteiger partial charge in [0.05, 0.1) is 12.8 Å². The highest BCUT2D eigenvalue weighted by molar-refractivity contribution is 6.33. The molecule has 3 aromatic carbocycles. The third kappa shape index (κ3) is 5.70. The molecule has 8 heteroatoms. The summed E-state index contributed by atoms with van der Waals surface area (Å²) in [6, 6.07) is 18.2. The number of carbonyl (C=O) groups excluding carboxylic acids is 2. The quantitative estimate of drug-likeness (QED) is 0.453. The monoisotopic (exact) mass is 411 g/mol. The molecule has 0 aliphatic carbocycles. The van der Waals surface area contributed by atoms with E-state index in [1.165, 1.54) is 7.11 Å². The Labute approximate surface area is 172 Å². The van der Waals surface area contributed by atoms with Crippen molar-refractivity contribution in [3.8, 4) is 5.75 Å². The number of carbonyl (C=O) groups is 2. The standard InChI is InChI=1S/C21H18ClN3O4/c1-28-19-9-7-16(22)11-18(19)25-20(26)12-23-29-13-21(27)24-17-8-6-14-4-2-3-5-15(14)10-17/h2-12H,13H2,1H3,(H,24,27)(H,25,26)/b23-12-. The molecule has 0 saturated heterocycles. The summed E-state index contributed by atoms with van der Waals surface area (Å²) in [6.45, 7) is -0.336.